The third-order valence-corrected chi connectivity index (χ3v) is 3.51. The second kappa shape index (κ2) is 6.66. The summed E-state index contributed by atoms with van der Waals surface area (Å²) in [6, 6.07) is 6.09. The fourth-order valence-corrected chi connectivity index (χ4v) is 2.31. The molecule has 1 unspecified atom stereocenters. The van der Waals surface area contributed by atoms with Gasteiger partial charge in [0, 0.05) is 20.2 Å². The van der Waals surface area contributed by atoms with Crippen molar-refractivity contribution in [2.75, 3.05) is 20.2 Å². The van der Waals surface area contributed by atoms with Crippen LogP contribution in [0.1, 0.15) is 36.0 Å². The lowest BCUT2D eigenvalue weighted by molar-refractivity contribution is 0.00707. The van der Waals surface area contributed by atoms with Crippen molar-refractivity contribution in [3.63, 3.8) is 0 Å². The smallest absolute Gasteiger partial charge is 0.256 e. The predicted octanol–water partition coefficient (Wildman–Crippen LogP) is 2.86. The highest BCUT2D eigenvalue weighted by Gasteiger charge is 2.18. The van der Waals surface area contributed by atoms with Gasteiger partial charge in [-0.3, -0.25) is 4.79 Å². The molecule has 0 bridgehead atoms. The SMILES string of the molecule is CN(CCC1CCCCO1)C(=O)c1ccccc1F. The highest BCUT2D eigenvalue weighted by molar-refractivity contribution is 5.94. The summed E-state index contributed by atoms with van der Waals surface area (Å²) in [7, 11) is 1.71. The Bertz CT molecular complexity index is 430. The summed E-state index contributed by atoms with van der Waals surface area (Å²) < 4.78 is 19.1. The second-order valence-electron chi connectivity index (χ2n) is 4.98. The molecule has 0 aliphatic carbocycles. The first-order valence-corrected chi connectivity index (χ1v) is 6.80. The van der Waals surface area contributed by atoms with Gasteiger partial charge in [-0.1, -0.05) is 12.1 Å². The molecule has 0 aromatic heterocycles. The number of nitrogens with zero attached hydrogens (tertiary/aromatic N) is 1. The lowest BCUT2D eigenvalue weighted by atomic mass is 10.1. The molecule has 0 N–H and O–H groups in total. The molecular formula is C15H20FNO2. The normalized spacial score (nSPS) is 19.2. The van der Waals surface area contributed by atoms with Crippen molar-refractivity contribution in [3.05, 3.63) is 35.6 Å². The molecule has 1 aliphatic rings. The maximum atomic E-state index is 13.5. The summed E-state index contributed by atoms with van der Waals surface area (Å²) in [4.78, 5) is 13.6. The maximum Gasteiger partial charge on any atom is 0.256 e. The highest BCUT2D eigenvalue weighted by Crippen LogP contribution is 2.16. The van der Waals surface area contributed by atoms with Gasteiger partial charge in [-0.15, -0.1) is 0 Å². The van der Waals surface area contributed by atoms with Crippen LogP contribution < -0.4 is 0 Å². The van der Waals surface area contributed by atoms with E-state index in [1.807, 2.05) is 0 Å². The average Bonchev–Trinajstić information content (AvgIpc) is 2.45. The topological polar surface area (TPSA) is 29.5 Å². The van der Waals surface area contributed by atoms with E-state index in [0.29, 0.717) is 6.54 Å². The number of rotatable bonds is 4. The molecule has 1 aliphatic heterocycles. The first-order chi connectivity index (χ1) is 9.18. The van der Waals surface area contributed by atoms with Gasteiger partial charge in [0.15, 0.2) is 0 Å². The molecule has 1 atom stereocenters. The van der Waals surface area contributed by atoms with Crippen LogP contribution in [-0.2, 0) is 4.74 Å². The molecule has 1 aromatic rings. The fraction of sp³-hybridized carbons (Fsp3) is 0.533. The molecule has 1 heterocycles. The van der Waals surface area contributed by atoms with Gasteiger partial charge in [0.1, 0.15) is 5.82 Å². The highest BCUT2D eigenvalue weighted by atomic mass is 19.1. The van der Waals surface area contributed by atoms with Gasteiger partial charge < -0.3 is 9.64 Å². The summed E-state index contributed by atoms with van der Waals surface area (Å²) in [5, 5.41) is 0. The zero-order valence-electron chi connectivity index (χ0n) is 11.3. The molecule has 1 saturated heterocycles. The summed E-state index contributed by atoms with van der Waals surface area (Å²) in [5.41, 5.74) is 0.134. The predicted molar refractivity (Wildman–Crippen MR) is 71.6 cm³/mol. The lowest BCUT2D eigenvalue weighted by Crippen LogP contribution is -2.32. The van der Waals surface area contributed by atoms with Gasteiger partial charge >= 0.3 is 0 Å². The van der Waals surface area contributed by atoms with Gasteiger partial charge in [0.2, 0.25) is 0 Å². The third-order valence-electron chi connectivity index (χ3n) is 3.51. The van der Waals surface area contributed by atoms with Crippen molar-refractivity contribution in [1.82, 2.24) is 4.90 Å². The molecular weight excluding hydrogens is 245 g/mol. The van der Waals surface area contributed by atoms with E-state index in [0.717, 1.165) is 25.9 Å². The Labute approximate surface area is 113 Å². The van der Waals surface area contributed by atoms with Crippen LogP contribution in [-0.4, -0.2) is 37.1 Å². The molecule has 2 rings (SSSR count). The van der Waals surface area contributed by atoms with Gasteiger partial charge in [0.25, 0.3) is 5.91 Å². The minimum atomic E-state index is -0.465. The van der Waals surface area contributed by atoms with Gasteiger partial charge in [-0.05, 0) is 37.8 Å². The number of hydrogen-bond acceptors (Lipinski definition) is 2. The largest absolute Gasteiger partial charge is 0.378 e. The second-order valence-corrected chi connectivity index (χ2v) is 4.98. The molecule has 104 valence electrons. The van der Waals surface area contributed by atoms with Gasteiger partial charge in [0.05, 0.1) is 11.7 Å². The van der Waals surface area contributed by atoms with Crippen LogP contribution in [0.15, 0.2) is 24.3 Å². The maximum absolute atomic E-state index is 13.5. The molecule has 1 amide bonds. The van der Waals surface area contributed by atoms with E-state index in [2.05, 4.69) is 0 Å². The van der Waals surface area contributed by atoms with Crippen molar-refractivity contribution in [2.24, 2.45) is 0 Å². The number of carbonyl (C=O) groups is 1. The third kappa shape index (κ3) is 3.77. The molecule has 0 radical (unpaired) electrons. The molecule has 4 heteroatoms. The molecule has 1 aromatic carbocycles. The van der Waals surface area contributed by atoms with E-state index in [9.17, 15) is 9.18 Å². The van der Waals surface area contributed by atoms with Crippen molar-refractivity contribution >= 4 is 5.91 Å². The summed E-state index contributed by atoms with van der Waals surface area (Å²) in [5.74, 6) is -0.734. The minimum Gasteiger partial charge on any atom is -0.378 e. The summed E-state index contributed by atoms with van der Waals surface area (Å²) >= 11 is 0. The van der Waals surface area contributed by atoms with Crippen LogP contribution in [0.5, 0.6) is 0 Å². The van der Waals surface area contributed by atoms with E-state index >= 15 is 0 Å². The number of halogens is 1. The van der Waals surface area contributed by atoms with Gasteiger partial charge in [-0.25, -0.2) is 4.39 Å². The van der Waals surface area contributed by atoms with Crippen LogP contribution in [0, 0.1) is 5.82 Å². The van der Waals surface area contributed by atoms with E-state index in [-0.39, 0.29) is 17.6 Å². The van der Waals surface area contributed by atoms with Crippen LogP contribution in [0.4, 0.5) is 4.39 Å². The zero-order chi connectivity index (χ0) is 13.7. The minimum absolute atomic E-state index is 0.134. The molecule has 0 spiro atoms. The Morgan fingerprint density at radius 3 is 2.89 bits per heavy atom. The number of hydrogen-bond donors (Lipinski definition) is 0. The van der Waals surface area contributed by atoms with E-state index < -0.39 is 5.82 Å². The number of carbonyl (C=O) groups excluding carboxylic acids is 1. The fourth-order valence-electron chi connectivity index (χ4n) is 2.31. The lowest BCUT2D eigenvalue weighted by Gasteiger charge is -2.25. The zero-order valence-corrected chi connectivity index (χ0v) is 11.3. The number of ether oxygens (including phenoxy) is 1. The monoisotopic (exact) mass is 265 g/mol. The number of amides is 1. The quantitative estimate of drug-likeness (QED) is 0.837. The summed E-state index contributed by atoms with van der Waals surface area (Å²) in [6.07, 6.45) is 4.43. The molecule has 3 nitrogen and oxygen atoms in total. The first-order valence-electron chi connectivity index (χ1n) is 6.80. The Morgan fingerprint density at radius 2 is 2.21 bits per heavy atom. The molecule has 0 saturated carbocycles. The van der Waals surface area contributed by atoms with Crippen LogP contribution in [0.25, 0.3) is 0 Å². The Morgan fingerprint density at radius 1 is 1.42 bits per heavy atom. The standard InChI is InChI=1S/C15H20FNO2/c1-17(10-9-12-6-4-5-11-19-12)15(18)13-7-2-3-8-14(13)16/h2-3,7-8,12H,4-6,9-11H2,1H3. The van der Waals surface area contributed by atoms with Gasteiger partial charge in [-0.2, -0.15) is 0 Å². The first kappa shape index (κ1) is 14.0. The van der Waals surface area contributed by atoms with Crippen LogP contribution in [0.3, 0.4) is 0 Å². The van der Waals surface area contributed by atoms with Crippen molar-refractivity contribution in [3.8, 4) is 0 Å². The van der Waals surface area contributed by atoms with Crippen molar-refractivity contribution < 1.29 is 13.9 Å². The Hall–Kier alpha value is -1.42. The van der Waals surface area contributed by atoms with E-state index in [1.165, 1.54) is 18.6 Å². The molecule has 1 fully saturated rings. The Kier molecular flexibility index (Phi) is 4.91. The van der Waals surface area contributed by atoms with Crippen LogP contribution in [0.2, 0.25) is 0 Å². The summed E-state index contributed by atoms with van der Waals surface area (Å²) in [6.45, 7) is 1.41. The Balaban J connectivity index is 1.87. The van der Waals surface area contributed by atoms with E-state index in [1.54, 1.807) is 24.1 Å². The average molecular weight is 265 g/mol. The number of benzene rings is 1. The van der Waals surface area contributed by atoms with Crippen molar-refractivity contribution in [2.45, 2.75) is 31.8 Å². The molecule has 19 heavy (non-hydrogen) atoms. The van der Waals surface area contributed by atoms with E-state index in [4.69, 9.17) is 4.74 Å². The van der Waals surface area contributed by atoms with Crippen LogP contribution >= 0.6 is 0 Å². The van der Waals surface area contributed by atoms with Crippen molar-refractivity contribution in [1.29, 1.82) is 0 Å².